The van der Waals surface area contributed by atoms with E-state index in [1.807, 2.05) is 37.4 Å². The normalized spacial score (nSPS) is 15.2. The Labute approximate surface area is 182 Å². The number of aromatic carboxylic acids is 1. The number of nitrogens with zero attached hydrogens (tertiary/aromatic N) is 3. The number of carboxylic acids is 1. The van der Waals surface area contributed by atoms with Gasteiger partial charge in [0.25, 0.3) is 0 Å². The summed E-state index contributed by atoms with van der Waals surface area (Å²) in [5, 5.41) is 13.6. The van der Waals surface area contributed by atoms with Crippen LogP contribution in [-0.4, -0.2) is 64.3 Å². The van der Waals surface area contributed by atoms with Crippen molar-refractivity contribution in [3.63, 3.8) is 0 Å². The molecule has 0 unspecified atom stereocenters. The molecule has 0 radical (unpaired) electrons. The minimum absolute atomic E-state index is 0.0291. The number of fused-ring (bicyclic) bond motifs is 1. The van der Waals surface area contributed by atoms with Gasteiger partial charge in [0.1, 0.15) is 0 Å². The molecule has 1 saturated heterocycles. The fourth-order valence-electron chi connectivity index (χ4n) is 3.93. The number of hydrogen-bond donors (Lipinski definition) is 2. The van der Waals surface area contributed by atoms with Gasteiger partial charge >= 0.3 is 5.97 Å². The highest BCUT2D eigenvalue weighted by atomic mass is 16.5. The van der Waals surface area contributed by atoms with Crippen molar-refractivity contribution in [1.82, 2.24) is 14.9 Å². The van der Waals surface area contributed by atoms with Crippen molar-refractivity contribution < 1.29 is 14.6 Å². The third-order valence-electron chi connectivity index (χ3n) is 5.92. The van der Waals surface area contributed by atoms with Crippen molar-refractivity contribution >= 4 is 22.8 Å². The minimum atomic E-state index is -0.930. The van der Waals surface area contributed by atoms with E-state index >= 15 is 0 Å². The third-order valence-corrected chi connectivity index (χ3v) is 5.92. The van der Waals surface area contributed by atoms with E-state index < -0.39 is 5.97 Å². The predicted octanol–water partition coefficient (Wildman–Crippen LogP) is 3.83. The quantitative estimate of drug-likeness (QED) is 0.627. The van der Waals surface area contributed by atoms with Gasteiger partial charge in [-0.1, -0.05) is 12.1 Å². The van der Waals surface area contributed by atoms with E-state index in [-0.39, 0.29) is 11.1 Å². The summed E-state index contributed by atoms with van der Waals surface area (Å²) in [5.74, 6) is -0.327. The second-order valence-electron chi connectivity index (χ2n) is 8.57. The molecule has 0 bridgehead atoms. The fourth-order valence-corrected chi connectivity index (χ4v) is 3.93. The first kappa shape index (κ1) is 21.2. The summed E-state index contributed by atoms with van der Waals surface area (Å²) in [6, 6.07) is 11.1. The largest absolute Gasteiger partial charge is 0.478 e. The highest BCUT2D eigenvalue weighted by molar-refractivity contribution is 5.91. The van der Waals surface area contributed by atoms with Gasteiger partial charge in [-0.05, 0) is 61.7 Å². The van der Waals surface area contributed by atoms with Crippen molar-refractivity contribution in [3.05, 3.63) is 53.7 Å². The van der Waals surface area contributed by atoms with Gasteiger partial charge in [-0.2, -0.15) is 0 Å². The molecule has 0 saturated carbocycles. The second-order valence-corrected chi connectivity index (χ2v) is 8.57. The van der Waals surface area contributed by atoms with Crippen LogP contribution in [0.2, 0.25) is 0 Å². The lowest BCUT2D eigenvalue weighted by atomic mass is 9.97. The SMILES string of the molecule is Cc1ccc(C(=O)O)cc1-c1ccc2nc(NCC(C)(C)N3CCOCC3)ncc2c1. The molecule has 1 fully saturated rings. The molecule has 2 N–H and O–H groups in total. The molecule has 2 heterocycles. The summed E-state index contributed by atoms with van der Waals surface area (Å²) in [5.41, 5.74) is 3.96. The Morgan fingerprint density at radius 2 is 1.97 bits per heavy atom. The van der Waals surface area contributed by atoms with Crippen LogP contribution in [-0.2, 0) is 4.74 Å². The molecule has 4 rings (SSSR count). The van der Waals surface area contributed by atoms with Crippen LogP contribution < -0.4 is 5.32 Å². The Morgan fingerprint density at radius 1 is 1.19 bits per heavy atom. The average Bonchev–Trinajstić information content (AvgIpc) is 2.78. The number of benzene rings is 2. The molecule has 1 aromatic heterocycles. The summed E-state index contributed by atoms with van der Waals surface area (Å²) >= 11 is 0. The molecule has 162 valence electrons. The van der Waals surface area contributed by atoms with Gasteiger partial charge in [0.15, 0.2) is 0 Å². The summed E-state index contributed by atoms with van der Waals surface area (Å²) in [6.07, 6.45) is 1.81. The molecule has 0 aliphatic carbocycles. The first-order valence-corrected chi connectivity index (χ1v) is 10.5. The van der Waals surface area contributed by atoms with Gasteiger partial charge in [0, 0.05) is 36.8 Å². The summed E-state index contributed by atoms with van der Waals surface area (Å²) in [7, 11) is 0. The van der Waals surface area contributed by atoms with Crippen molar-refractivity contribution in [2.45, 2.75) is 26.3 Å². The number of rotatable bonds is 6. The van der Waals surface area contributed by atoms with Crippen LogP contribution in [0.3, 0.4) is 0 Å². The number of carbonyl (C=O) groups is 1. The summed E-state index contributed by atoms with van der Waals surface area (Å²) in [4.78, 5) is 22.9. The number of carboxylic acid groups (broad SMARTS) is 1. The van der Waals surface area contributed by atoms with Crippen LogP contribution in [0.5, 0.6) is 0 Å². The molecule has 1 aliphatic rings. The van der Waals surface area contributed by atoms with Gasteiger partial charge in [-0.15, -0.1) is 0 Å². The summed E-state index contributed by atoms with van der Waals surface area (Å²) in [6.45, 7) is 10.5. The number of morpholine rings is 1. The van der Waals surface area contributed by atoms with E-state index in [0.29, 0.717) is 5.95 Å². The van der Waals surface area contributed by atoms with E-state index in [4.69, 9.17) is 4.74 Å². The number of hydrogen-bond acceptors (Lipinski definition) is 6. The predicted molar refractivity (Wildman–Crippen MR) is 122 cm³/mol. The molecule has 31 heavy (non-hydrogen) atoms. The van der Waals surface area contributed by atoms with Crippen molar-refractivity contribution in [2.75, 3.05) is 38.2 Å². The lowest BCUT2D eigenvalue weighted by Crippen LogP contribution is -2.53. The maximum absolute atomic E-state index is 11.3. The van der Waals surface area contributed by atoms with E-state index in [1.165, 1.54) is 0 Å². The highest BCUT2D eigenvalue weighted by Gasteiger charge is 2.28. The third kappa shape index (κ3) is 4.68. The standard InChI is InChI=1S/C24H28N4O3/c1-16-4-5-18(22(29)30)13-20(16)17-6-7-21-19(12-17)14-25-23(27-21)26-15-24(2,3)28-8-10-31-11-9-28/h4-7,12-14H,8-11,15H2,1-3H3,(H,29,30)(H,25,26,27). The van der Waals surface area contributed by atoms with E-state index in [2.05, 4.69) is 34.0 Å². The second kappa shape index (κ2) is 8.61. The maximum atomic E-state index is 11.3. The first-order valence-electron chi connectivity index (χ1n) is 10.5. The summed E-state index contributed by atoms with van der Waals surface area (Å²) < 4.78 is 5.46. The number of nitrogens with one attached hydrogen (secondary N) is 1. The van der Waals surface area contributed by atoms with Gasteiger partial charge in [0.05, 0.1) is 24.3 Å². The van der Waals surface area contributed by atoms with E-state index in [0.717, 1.165) is 60.4 Å². The molecular weight excluding hydrogens is 392 g/mol. The zero-order valence-corrected chi connectivity index (χ0v) is 18.2. The number of ether oxygens (including phenoxy) is 1. The fraction of sp³-hybridized carbons (Fsp3) is 0.375. The zero-order chi connectivity index (χ0) is 22.0. The maximum Gasteiger partial charge on any atom is 0.335 e. The Morgan fingerprint density at radius 3 is 2.71 bits per heavy atom. The number of aromatic nitrogens is 2. The molecule has 2 aromatic carbocycles. The van der Waals surface area contributed by atoms with Gasteiger partial charge in [0.2, 0.25) is 5.95 Å². The van der Waals surface area contributed by atoms with Crippen LogP contribution in [0.25, 0.3) is 22.0 Å². The van der Waals surface area contributed by atoms with Crippen LogP contribution in [0.1, 0.15) is 29.8 Å². The molecule has 0 atom stereocenters. The minimum Gasteiger partial charge on any atom is -0.478 e. The van der Waals surface area contributed by atoms with E-state index in [9.17, 15) is 9.90 Å². The number of anilines is 1. The van der Waals surface area contributed by atoms with Gasteiger partial charge < -0.3 is 15.2 Å². The molecule has 1 aliphatic heterocycles. The smallest absolute Gasteiger partial charge is 0.335 e. The Bertz CT molecular complexity index is 1110. The topological polar surface area (TPSA) is 87.6 Å². The van der Waals surface area contributed by atoms with Crippen molar-refractivity contribution in [2.24, 2.45) is 0 Å². The van der Waals surface area contributed by atoms with Crippen molar-refractivity contribution in [3.8, 4) is 11.1 Å². The molecule has 0 spiro atoms. The van der Waals surface area contributed by atoms with Crippen LogP contribution in [0.15, 0.2) is 42.6 Å². The number of aryl methyl sites for hydroxylation is 1. The average molecular weight is 421 g/mol. The van der Waals surface area contributed by atoms with Crippen LogP contribution >= 0.6 is 0 Å². The van der Waals surface area contributed by atoms with Crippen LogP contribution in [0.4, 0.5) is 5.95 Å². The molecule has 7 nitrogen and oxygen atoms in total. The Balaban J connectivity index is 1.53. The lowest BCUT2D eigenvalue weighted by molar-refractivity contribution is -0.00572. The Hall–Kier alpha value is -3.03. The Kier molecular flexibility index (Phi) is 5.89. The lowest BCUT2D eigenvalue weighted by Gasteiger charge is -2.40. The first-order chi connectivity index (χ1) is 14.8. The zero-order valence-electron chi connectivity index (χ0n) is 18.2. The monoisotopic (exact) mass is 420 g/mol. The molecule has 7 heteroatoms. The molecule has 0 amide bonds. The van der Waals surface area contributed by atoms with Gasteiger partial charge in [-0.3, -0.25) is 4.90 Å². The van der Waals surface area contributed by atoms with Crippen LogP contribution in [0, 0.1) is 6.92 Å². The van der Waals surface area contributed by atoms with E-state index in [1.54, 1.807) is 12.1 Å². The van der Waals surface area contributed by atoms with Crippen molar-refractivity contribution in [1.29, 1.82) is 0 Å². The highest BCUT2D eigenvalue weighted by Crippen LogP contribution is 2.28. The van der Waals surface area contributed by atoms with Gasteiger partial charge in [-0.25, -0.2) is 14.8 Å². The molecule has 3 aromatic rings. The molecular formula is C24H28N4O3.